The third-order valence-corrected chi connectivity index (χ3v) is 1.92. The first-order valence-electron chi connectivity index (χ1n) is 3.73. The van der Waals surface area contributed by atoms with Crippen molar-refractivity contribution in [3.8, 4) is 0 Å². The maximum atomic E-state index is 5.64. The Hall–Kier alpha value is -0.750. The minimum absolute atomic E-state index is 0.980. The molecule has 1 aromatic carbocycles. The molecule has 1 rings (SSSR count). The van der Waals surface area contributed by atoms with Crippen LogP contribution in [-0.2, 0) is 0 Å². The van der Waals surface area contributed by atoms with Crippen LogP contribution in [0.15, 0.2) is 35.9 Å². The summed E-state index contributed by atoms with van der Waals surface area (Å²) in [5.41, 5.74) is 4.05. The SMILES string of the molecule is CC/C(=C\Cl)c1ccccc1. The molecule has 0 bridgehead atoms. The van der Waals surface area contributed by atoms with Crippen molar-refractivity contribution < 1.29 is 0 Å². The van der Waals surface area contributed by atoms with Crippen molar-refractivity contribution in [3.05, 3.63) is 41.4 Å². The molecule has 0 radical (unpaired) electrons. The first kappa shape index (κ1) is 8.35. The zero-order valence-corrected chi connectivity index (χ0v) is 7.31. The van der Waals surface area contributed by atoms with Gasteiger partial charge in [0.2, 0.25) is 0 Å². The van der Waals surface area contributed by atoms with Gasteiger partial charge in [0.05, 0.1) is 0 Å². The van der Waals surface area contributed by atoms with E-state index in [2.05, 4.69) is 19.1 Å². The highest BCUT2D eigenvalue weighted by molar-refractivity contribution is 6.28. The number of halogens is 1. The van der Waals surface area contributed by atoms with Crippen LogP contribution in [-0.4, -0.2) is 0 Å². The lowest BCUT2D eigenvalue weighted by Crippen LogP contribution is -1.79. The van der Waals surface area contributed by atoms with E-state index in [0.717, 1.165) is 6.42 Å². The minimum atomic E-state index is 0.980. The molecular formula is C10H11Cl. The van der Waals surface area contributed by atoms with Gasteiger partial charge in [-0.15, -0.1) is 0 Å². The molecule has 0 saturated heterocycles. The monoisotopic (exact) mass is 166 g/mol. The van der Waals surface area contributed by atoms with E-state index >= 15 is 0 Å². The Bertz CT molecular complexity index is 236. The Kier molecular flexibility index (Phi) is 3.18. The van der Waals surface area contributed by atoms with E-state index < -0.39 is 0 Å². The summed E-state index contributed by atoms with van der Waals surface area (Å²) >= 11 is 5.64. The van der Waals surface area contributed by atoms with E-state index in [9.17, 15) is 0 Å². The third-order valence-electron chi connectivity index (χ3n) is 1.66. The summed E-state index contributed by atoms with van der Waals surface area (Å²) in [5.74, 6) is 0. The van der Waals surface area contributed by atoms with E-state index in [1.54, 1.807) is 5.54 Å². The minimum Gasteiger partial charge on any atom is -0.0926 e. The highest BCUT2D eigenvalue weighted by atomic mass is 35.5. The largest absolute Gasteiger partial charge is 0.0926 e. The molecule has 1 aromatic rings. The molecule has 1 heteroatoms. The fourth-order valence-electron chi connectivity index (χ4n) is 0.996. The second kappa shape index (κ2) is 4.20. The zero-order valence-electron chi connectivity index (χ0n) is 6.55. The van der Waals surface area contributed by atoms with Crippen LogP contribution >= 0.6 is 11.6 Å². The van der Waals surface area contributed by atoms with Crippen molar-refractivity contribution in [2.24, 2.45) is 0 Å². The van der Waals surface area contributed by atoms with Gasteiger partial charge in [0, 0.05) is 5.54 Å². The second-order valence-electron chi connectivity index (χ2n) is 2.35. The van der Waals surface area contributed by atoms with Crippen LogP contribution in [0.1, 0.15) is 18.9 Å². The molecule has 0 amide bonds. The van der Waals surface area contributed by atoms with Crippen LogP contribution in [0.4, 0.5) is 0 Å². The summed E-state index contributed by atoms with van der Waals surface area (Å²) < 4.78 is 0. The summed E-state index contributed by atoms with van der Waals surface area (Å²) in [6, 6.07) is 10.2. The van der Waals surface area contributed by atoms with Crippen LogP contribution in [0.5, 0.6) is 0 Å². The molecule has 58 valence electrons. The molecule has 0 spiro atoms. The molecule has 0 N–H and O–H groups in total. The lowest BCUT2D eigenvalue weighted by Gasteiger charge is -2.00. The highest BCUT2D eigenvalue weighted by Crippen LogP contribution is 2.17. The molecule has 11 heavy (non-hydrogen) atoms. The first-order chi connectivity index (χ1) is 5.38. The van der Waals surface area contributed by atoms with Crippen molar-refractivity contribution in [2.45, 2.75) is 13.3 Å². The van der Waals surface area contributed by atoms with Crippen molar-refractivity contribution >= 4 is 17.2 Å². The Morgan fingerprint density at radius 3 is 2.45 bits per heavy atom. The van der Waals surface area contributed by atoms with Gasteiger partial charge in [-0.3, -0.25) is 0 Å². The zero-order chi connectivity index (χ0) is 8.10. The summed E-state index contributed by atoms with van der Waals surface area (Å²) in [4.78, 5) is 0. The molecule has 0 aliphatic rings. The summed E-state index contributed by atoms with van der Waals surface area (Å²) in [7, 11) is 0. The molecule has 0 saturated carbocycles. The van der Waals surface area contributed by atoms with Gasteiger partial charge < -0.3 is 0 Å². The second-order valence-corrected chi connectivity index (χ2v) is 2.57. The van der Waals surface area contributed by atoms with Crippen molar-refractivity contribution in [3.63, 3.8) is 0 Å². The Labute approximate surface area is 72.5 Å². The van der Waals surface area contributed by atoms with Gasteiger partial charge in [0.25, 0.3) is 0 Å². The number of benzene rings is 1. The van der Waals surface area contributed by atoms with E-state index in [1.807, 2.05) is 18.2 Å². The van der Waals surface area contributed by atoms with E-state index in [0.29, 0.717) is 0 Å². The van der Waals surface area contributed by atoms with E-state index in [1.165, 1.54) is 11.1 Å². The van der Waals surface area contributed by atoms with Gasteiger partial charge in [-0.05, 0) is 17.6 Å². The average molecular weight is 167 g/mol. The van der Waals surface area contributed by atoms with Crippen LogP contribution in [0.3, 0.4) is 0 Å². The Balaban J connectivity index is 2.92. The molecule has 0 heterocycles. The number of rotatable bonds is 2. The maximum absolute atomic E-state index is 5.64. The molecule has 0 aliphatic carbocycles. The summed E-state index contributed by atoms with van der Waals surface area (Å²) in [6.45, 7) is 2.10. The van der Waals surface area contributed by atoms with Gasteiger partial charge in [0.15, 0.2) is 0 Å². The topological polar surface area (TPSA) is 0 Å². The molecule has 0 fully saturated rings. The van der Waals surface area contributed by atoms with Gasteiger partial charge in [-0.2, -0.15) is 0 Å². The third kappa shape index (κ3) is 2.09. The molecule has 0 nitrogen and oxygen atoms in total. The molecular weight excluding hydrogens is 156 g/mol. The van der Waals surface area contributed by atoms with E-state index in [4.69, 9.17) is 11.6 Å². The van der Waals surface area contributed by atoms with Gasteiger partial charge in [-0.1, -0.05) is 48.9 Å². The number of hydrogen-bond donors (Lipinski definition) is 0. The standard InChI is InChI=1S/C10H11Cl/c1-2-9(8-11)10-6-4-3-5-7-10/h3-8H,2H2,1H3/b9-8+. The van der Waals surface area contributed by atoms with Crippen LogP contribution in [0.2, 0.25) is 0 Å². The predicted octanol–water partition coefficient (Wildman–Crippen LogP) is 3.68. The van der Waals surface area contributed by atoms with Gasteiger partial charge in [-0.25, -0.2) is 0 Å². The lowest BCUT2D eigenvalue weighted by atomic mass is 10.1. The molecule has 0 unspecified atom stereocenters. The normalized spacial score (nSPS) is 11.6. The smallest absolute Gasteiger partial charge is 0.00804 e. The Morgan fingerprint density at radius 2 is 2.00 bits per heavy atom. The quantitative estimate of drug-likeness (QED) is 0.629. The fraction of sp³-hybridized carbons (Fsp3) is 0.200. The molecule has 0 aliphatic heterocycles. The first-order valence-corrected chi connectivity index (χ1v) is 4.16. The van der Waals surface area contributed by atoms with Gasteiger partial charge in [0.1, 0.15) is 0 Å². The average Bonchev–Trinajstić information content (AvgIpc) is 2.09. The van der Waals surface area contributed by atoms with Crippen LogP contribution in [0, 0.1) is 0 Å². The maximum Gasteiger partial charge on any atom is 0.00804 e. The van der Waals surface area contributed by atoms with E-state index in [-0.39, 0.29) is 0 Å². The van der Waals surface area contributed by atoms with Crippen molar-refractivity contribution in [1.82, 2.24) is 0 Å². The Morgan fingerprint density at radius 1 is 1.36 bits per heavy atom. The summed E-state index contributed by atoms with van der Waals surface area (Å²) in [5, 5.41) is 0. The van der Waals surface area contributed by atoms with Gasteiger partial charge >= 0.3 is 0 Å². The predicted molar refractivity (Wildman–Crippen MR) is 50.6 cm³/mol. The van der Waals surface area contributed by atoms with Crippen molar-refractivity contribution in [1.29, 1.82) is 0 Å². The molecule has 0 aromatic heterocycles. The number of hydrogen-bond acceptors (Lipinski definition) is 0. The van der Waals surface area contributed by atoms with Crippen LogP contribution in [0.25, 0.3) is 5.57 Å². The lowest BCUT2D eigenvalue weighted by molar-refractivity contribution is 1.24. The molecule has 0 atom stereocenters. The van der Waals surface area contributed by atoms with Crippen molar-refractivity contribution in [2.75, 3.05) is 0 Å². The van der Waals surface area contributed by atoms with Crippen LogP contribution < -0.4 is 0 Å². The fourth-order valence-corrected chi connectivity index (χ4v) is 1.28. The number of allylic oxidation sites excluding steroid dienone is 1. The highest BCUT2D eigenvalue weighted by Gasteiger charge is 1.94. The summed E-state index contributed by atoms with van der Waals surface area (Å²) in [6.07, 6.45) is 0.980.